The summed E-state index contributed by atoms with van der Waals surface area (Å²) in [6.07, 6.45) is 0.806. The summed E-state index contributed by atoms with van der Waals surface area (Å²) in [5.41, 5.74) is 0.295. The van der Waals surface area contributed by atoms with E-state index in [9.17, 15) is 4.79 Å². The van der Waals surface area contributed by atoms with Gasteiger partial charge in [-0.2, -0.15) is 0 Å². The molecular weight excluding hydrogens is 465 g/mol. The number of carbonyl (C=O) groups excluding carboxylic acids is 1. The first-order valence-electron chi connectivity index (χ1n) is 10.5. The Balaban J connectivity index is 0. The molecule has 0 fully saturated rings. The van der Waals surface area contributed by atoms with Crippen molar-refractivity contribution < 1.29 is 31.4 Å². The third kappa shape index (κ3) is 18.0. The topological polar surface area (TPSA) is 72.5 Å². The van der Waals surface area contributed by atoms with Crippen molar-refractivity contribution in [2.24, 2.45) is 0 Å². The fourth-order valence-corrected chi connectivity index (χ4v) is 17.2. The zero-order valence-electron chi connectivity index (χ0n) is 20.8. The molecule has 0 aliphatic carbocycles. The van der Waals surface area contributed by atoms with E-state index >= 15 is 0 Å². The van der Waals surface area contributed by atoms with Crippen LogP contribution in [0.15, 0.2) is 12.2 Å². The van der Waals surface area contributed by atoms with Gasteiger partial charge in [0, 0.05) is 12.7 Å². The standard InChI is InChI=1S/C19H44O7Si4.CH4/c1-18(19(20)21-2)17-23-15-14-22-13-12-16-30(24-27(3,4)5,25-28(6,7)8)26-29(9,10)11;/h1,12-17H2,2-11H3;1H4. The summed E-state index contributed by atoms with van der Waals surface area (Å²) in [5.74, 6) is -0.454. The van der Waals surface area contributed by atoms with E-state index in [0.29, 0.717) is 25.4 Å². The molecule has 0 aromatic heterocycles. The number of carbonyl (C=O) groups is 1. The van der Waals surface area contributed by atoms with Gasteiger partial charge in [0.05, 0.1) is 32.5 Å². The number of ether oxygens (including phenoxy) is 3. The van der Waals surface area contributed by atoms with E-state index in [2.05, 4.69) is 70.2 Å². The molecule has 0 aliphatic heterocycles. The number of hydrogen-bond donors (Lipinski definition) is 0. The molecule has 186 valence electrons. The van der Waals surface area contributed by atoms with E-state index in [1.54, 1.807) is 0 Å². The number of hydrogen-bond acceptors (Lipinski definition) is 7. The van der Waals surface area contributed by atoms with Crippen LogP contribution in [-0.4, -0.2) is 73.3 Å². The predicted octanol–water partition coefficient (Wildman–Crippen LogP) is 5.27. The zero-order chi connectivity index (χ0) is 23.6. The zero-order valence-corrected chi connectivity index (χ0v) is 24.8. The molecule has 11 heteroatoms. The van der Waals surface area contributed by atoms with E-state index in [-0.39, 0.29) is 14.0 Å². The lowest BCUT2D eigenvalue weighted by Gasteiger charge is -2.42. The molecule has 0 aromatic carbocycles. The molecule has 0 N–H and O–H groups in total. The van der Waals surface area contributed by atoms with Gasteiger partial charge in [-0.25, -0.2) is 4.79 Å². The molecule has 0 amide bonds. The first-order valence-corrected chi connectivity index (χ1v) is 22.7. The van der Waals surface area contributed by atoms with Crippen molar-refractivity contribution in [3.05, 3.63) is 12.2 Å². The maximum absolute atomic E-state index is 11.3. The Kier molecular flexibility index (Phi) is 15.1. The molecule has 0 bridgehead atoms. The van der Waals surface area contributed by atoms with Crippen LogP contribution in [0, 0.1) is 0 Å². The minimum Gasteiger partial charge on any atom is -0.466 e. The van der Waals surface area contributed by atoms with Crippen molar-refractivity contribution >= 4 is 39.7 Å². The van der Waals surface area contributed by atoms with E-state index < -0.39 is 39.7 Å². The van der Waals surface area contributed by atoms with E-state index in [1.807, 2.05) is 0 Å². The fourth-order valence-electron chi connectivity index (χ4n) is 2.62. The van der Waals surface area contributed by atoms with Crippen LogP contribution in [0.5, 0.6) is 0 Å². The summed E-state index contributed by atoms with van der Waals surface area (Å²) in [6, 6.07) is 0.756. The Labute approximate surface area is 195 Å². The average molecular weight is 513 g/mol. The van der Waals surface area contributed by atoms with Crippen molar-refractivity contribution in [2.45, 2.75) is 78.8 Å². The minimum atomic E-state index is -2.80. The molecule has 0 spiro atoms. The molecule has 7 nitrogen and oxygen atoms in total. The van der Waals surface area contributed by atoms with Gasteiger partial charge in [-0.3, -0.25) is 0 Å². The first-order chi connectivity index (χ1) is 13.5. The van der Waals surface area contributed by atoms with Crippen LogP contribution in [0.1, 0.15) is 13.8 Å². The lowest BCUT2D eigenvalue weighted by molar-refractivity contribution is -0.136. The molecular formula is C20H48O7Si4. The first kappa shape index (κ1) is 33.1. The Morgan fingerprint density at radius 3 is 1.55 bits per heavy atom. The maximum atomic E-state index is 11.3. The Bertz CT molecular complexity index is 496. The molecule has 0 unspecified atom stereocenters. The van der Waals surface area contributed by atoms with Crippen LogP contribution in [0.3, 0.4) is 0 Å². The lowest BCUT2D eigenvalue weighted by atomic mass is 10.3. The quantitative estimate of drug-likeness (QED) is 0.121. The highest BCUT2D eigenvalue weighted by Gasteiger charge is 2.49. The van der Waals surface area contributed by atoms with Gasteiger partial charge in [0.25, 0.3) is 0 Å². The third-order valence-corrected chi connectivity index (χ3v) is 15.3. The second kappa shape index (κ2) is 14.2. The van der Waals surface area contributed by atoms with Crippen LogP contribution in [-0.2, 0) is 31.4 Å². The summed E-state index contributed by atoms with van der Waals surface area (Å²) >= 11 is 0. The predicted molar refractivity (Wildman–Crippen MR) is 138 cm³/mol. The summed E-state index contributed by atoms with van der Waals surface area (Å²) in [6.45, 7) is 24.9. The van der Waals surface area contributed by atoms with Gasteiger partial charge >= 0.3 is 14.8 Å². The number of rotatable bonds is 16. The van der Waals surface area contributed by atoms with Crippen molar-refractivity contribution in [3.63, 3.8) is 0 Å². The summed E-state index contributed by atoms with van der Waals surface area (Å²) in [4.78, 5) is 11.3. The summed E-state index contributed by atoms with van der Waals surface area (Å²) < 4.78 is 35.6. The smallest absolute Gasteiger partial charge is 0.466 e. The normalized spacial score (nSPS) is 13.0. The molecule has 0 aliphatic rings. The van der Waals surface area contributed by atoms with E-state index in [0.717, 1.165) is 12.5 Å². The van der Waals surface area contributed by atoms with Crippen LogP contribution >= 0.6 is 0 Å². The highest BCUT2D eigenvalue weighted by molar-refractivity contribution is 6.90. The van der Waals surface area contributed by atoms with Gasteiger partial charge in [0.1, 0.15) is 0 Å². The molecule has 0 saturated carbocycles. The van der Waals surface area contributed by atoms with Crippen LogP contribution < -0.4 is 0 Å². The largest absolute Gasteiger partial charge is 0.469 e. The molecule has 0 saturated heterocycles. The van der Waals surface area contributed by atoms with Crippen LogP contribution in [0.2, 0.25) is 65.0 Å². The molecule has 31 heavy (non-hydrogen) atoms. The lowest BCUT2D eigenvalue weighted by Crippen LogP contribution is -2.60. The molecule has 0 heterocycles. The molecule has 0 aromatic rings. The van der Waals surface area contributed by atoms with Gasteiger partial charge in [0.2, 0.25) is 0 Å². The van der Waals surface area contributed by atoms with E-state index in [4.69, 9.17) is 21.8 Å². The Morgan fingerprint density at radius 1 is 0.742 bits per heavy atom. The van der Waals surface area contributed by atoms with Crippen LogP contribution in [0.25, 0.3) is 0 Å². The second-order valence-electron chi connectivity index (χ2n) is 10.2. The number of methoxy groups -OCH3 is 1. The van der Waals surface area contributed by atoms with Crippen molar-refractivity contribution in [1.82, 2.24) is 0 Å². The number of esters is 1. The fraction of sp³-hybridized carbons (Fsp3) is 0.850. The van der Waals surface area contributed by atoms with Gasteiger partial charge < -0.3 is 26.6 Å². The third-order valence-electron chi connectivity index (χ3n) is 3.28. The highest BCUT2D eigenvalue weighted by atomic mass is 28.5. The van der Waals surface area contributed by atoms with Crippen molar-refractivity contribution in [3.8, 4) is 0 Å². The van der Waals surface area contributed by atoms with E-state index in [1.165, 1.54) is 7.11 Å². The molecule has 0 radical (unpaired) electrons. The maximum Gasteiger partial charge on any atom is 0.469 e. The van der Waals surface area contributed by atoms with Gasteiger partial charge in [-0.05, 0) is 65.3 Å². The van der Waals surface area contributed by atoms with Gasteiger partial charge in [-0.1, -0.05) is 14.0 Å². The van der Waals surface area contributed by atoms with Crippen molar-refractivity contribution in [2.75, 3.05) is 33.5 Å². The molecule has 0 rings (SSSR count). The SMILES string of the molecule is C.C=C(COCCOCCC[Si](O[Si](C)(C)C)(O[Si](C)(C)C)O[Si](C)(C)C)C(=O)OC. The summed E-state index contributed by atoms with van der Waals surface area (Å²) in [7, 11) is -7.03. The Morgan fingerprint density at radius 2 is 1.16 bits per heavy atom. The molecule has 0 atom stereocenters. The van der Waals surface area contributed by atoms with Gasteiger partial charge in [-0.15, -0.1) is 0 Å². The Hall–Kier alpha value is -0.122. The monoisotopic (exact) mass is 512 g/mol. The van der Waals surface area contributed by atoms with Gasteiger partial charge in [0.15, 0.2) is 25.0 Å². The van der Waals surface area contributed by atoms with Crippen molar-refractivity contribution in [1.29, 1.82) is 0 Å². The second-order valence-corrected chi connectivity index (χ2v) is 27.2. The summed E-state index contributed by atoms with van der Waals surface area (Å²) in [5, 5.41) is 0. The highest BCUT2D eigenvalue weighted by Crippen LogP contribution is 2.29. The average Bonchev–Trinajstić information content (AvgIpc) is 2.51. The minimum absolute atomic E-state index is 0. The van der Waals surface area contributed by atoms with Crippen LogP contribution in [0.4, 0.5) is 0 Å².